The molecule has 1 heterocycles. The van der Waals surface area contributed by atoms with Gasteiger partial charge in [-0.1, -0.05) is 24.3 Å². The molecule has 0 radical (unpaired) electrons. The Kier molecular flexibility index (Phi) is 2.10. The molecule has 0 saturated carbocycles. The van der Waals surface area contributed by atoms with Gasteiger partial charge in [-0.3, -0.25) is 9.69 Å². The second-order valence-electron chi connectivity index (χ2n) is 4.59. The van der Waals surface area contributed by atoms with Crippen molar-refractivity contribution >= 4 is 5.78 Å². The van der Waals surface area contributed by atoms with Gasteiger partial charge in [0.15, 0.2) is 0 Å². The van der Waals surface area contributed by atoms with E-state index in [4.69, 9.17) is 0 Å². The van der Waals surface area contributed by atoms with Gasteiger partial charge in [-0.05, 0) is 24.0 Å². The smallest absolute Gasteiger partial charge is 0.148 e. The minimum atomic E-state index is 0.408. The summed E-state index contributed by atoms with van der Waals surface area (Å²) >= 11 is 0. The number of nitrogens with zero attached hydrogens (tertiary/aromatic N) is 1. The third-order valence-corrected chi connectivity index (χ3v) is 3.60. The number of hydrogen-bond acceptors (Lipinski definition) is 2. The first kappa shape index (κ1) is 9.10. The summed E-state index contributed by atoms with van der Waals surface area (Å²) in [6.07, 6.45) is 3.01. The third-order valence-electron chi connectivity index (χ3n) is 3.60. The zero-order chi connectivity index (χ0) is 10.3. The molecule has 3 rings (SSSR count). The van der Waals surface area contributed by atoms with Crippen LogP contribution in [0.15, 0.2) is 24.3 Å². The summed E-state index contributed by atoms with van der Waals surface area (Å²) in [5.41, 5.74) is 2.95. The summed E-state index contributed by atoms with van der Waals surface area (Å²) in [5, 5.41) is 0. The predicted octanol–water partition coefficient (Wildman–Crippen LogP) is 1.43. The van der Waals surface area contributed by atoms with Gasteiger partial charge in [-0.2, -0.15) is 0 Å². The molecular weight excluding hydrogens is 186 g/mol. The molecule has 1 aliphatic heterocycles. The highest BCUT2D eigenvalue weighted by Crippen LogP contribution is 2.26. The second kappa shape index (κ2) is 3.46. The number of hydrogen-bond donors (Lipinski definition) is 0. The number of rotatable bonds is 1. The van der Waals surface area contributed by atoms with Gasteiger partial charge in [0.05, 0.1) is 6.54 Å². The maximum Gasteiger partial charge on any atom is 0.148 e. The summed E-state index contributed by atoms with van der Waals surface area (Å²) in [4.78, 5) is 13.6. The number of carbonyl (C=O) groups is 1. The quantitative estimate of drug-likeness (QED) is 0.685. The Morgan fingerprint density at radius 3 is 2.33 bits per heavy atom. The molecule has 0 N–H and O–H groups in total. The lowest BCUT2D eigenvalue weighted by Crippen LogP contribution is -2.33. The highest BCUT2D eigenvalue weighted by Gasteiger charge is 2.30. The maximum absolute atomic E-state index is 11.2. The van der Waals surface area contributed by atoms with Crippen molar-refractivity contribution in [2.75, 3.05) is 13.1 Å². The van der Waals surface area contributed by atoms with Crippen LogP contribution >= 0.6 is 0 Å². The van der Waals surface area contributed by atoms with Crippen LogP contribution in [0, 0.1) is 0 Å². The molecule has 1 aromatic carbocycles. The molecule has 0 amide bonds. The van der Waals surface area contributed by atoms with Crippen molar-refractivity contribution in [2.45, 2.75) is 25.3 Å². The van der Waals surface area contributed by atoms with E-state index in [1.165, 1.54) is 11.1 Å². The summed E-state index contributed by atoms with van der Waals surface area (Å²) < 4.78 is 0. The van der Waals surface area contributed by atoms with E-state index < -0.39 is 0 Å². The van der Waals surface area contributed by atoms with Gasteiger partial charge in [0, 0.05) is 19.0 Å². The van der Waals surface area contributed by atoms with Crippen LogP contribution in [0.3, 0.4) is 0 Å². The van der Waals surface area contributed by atoms with Crippen LogP contribution in [-0.4, -0.2) is 29.8 Å². The molecule has 0 aromatic heterocycles. The van der Waals surface area contributed by atoms with Crippen LogP contribution in [0.25, 0.3) is 0 Å². The lowest BCUT2D eigenvalue weighted by atomic mass is 10.1. The summed E-state index contributed by atoms with van der Waals surface area (Å²) in [6.45, 7) is 1.65. The van der Waals surface area contributed by atoms with Crippen LogP contribution < -0.4 is 0 Å². The molecule has 2 heteroatoms. The minimum absolute atomic E-state index is 0.408. The number of benzene rings is 1. The standard InChI is InChI=1S/C13H15NO/c15-13-5-6-14(9-13)12-7-10-3-1-2-4-11(10)8-12/h1-4,12H,5-9H2. The molecule has 2 nitrogen and oxygen atoms in total. The fraction of sp³-hybridized carbons (Fsp3) is 0.462. The van der Waals surface area contributed by atoms with Gasteiger partial charge in [0.25, 0.3) is 0 Å². The van der Waals surface area contributed by atoms with Crippen molar-refractivity contribution in [1.29, 1.82) is 0 Å². The average Bonchev–Trinajstić information content (AvgIpc) is 2.82. The van der Waals surface area contributed by atoms with Gasteiger partial charge in [0.2, 0.25) is 0 Å². The molecule has 1 saturated heterocycles. The Morgan fingerprint density at radius 1 is 1.13 bits per heavy atom. The topological polar surface area (TPSA) is 20.3 Å². The Morgan fingerprint density at radius 2 is 1.80 bits per heavy atom. The zero-order valence-electron chi connectivity index (χ0n) is 8.78. The number of likely N-dealkylation sites (tertiary alicyclic amines) is 1. The Hall–Kier alpha value is -1.15. The first-order valence-corrected chi connectivity index (χ1v) is 5.65. The van der Waals surface area contributed by atoms with Crippen molar-refractivity contribution < 1.29 is 4.79 Å². The van der Waals surface area contributed by atoms with Crippen LogP contribution in [0.2, 0.25) is 0 Å². The summed E-state index contributed by atoms with van der Waals surface area (Å²) in [7, 11) is 0. The number of carbonyl (C=O) groups excluding carboxylic acids is 1. The molecule has 15 heavy (non-hydrogen) atoms. The number of fused-ring (bicyclic) bond motifs is 1. The Bertz CT molecular complexity index is 374. The highest BCUT2D eigenvalue weighted by atomic mass is 16.1. The highest BCUT2D eigenvalue weighted by molar-refractivity contribution is 5.82. The molecule has 1 aliphatic carbocycles. The Labute approximate surface area is 89.9 Å². The first-order valence-electron chi connectivity index (χ1n) is 5.65. The normalized spacial score (nSPS) is 22.3. The van der Waals surface area contributed by atoms with E-state index in [-0.39, 0.29) is 0 Å². The van der Waals surface area contributed by atoms with Gasteiger partial charge < -0.3 is 0 Å². The molecule has 0 unspecified atom stereocenters. The molecule has 2 aliphatic rings. The minimum Gasteiger partial charge on any atom is -0.298 e. The second-order valence-corrected chi connectivity index (χ2v) is 4.59. The van der Waals surface area contributed by atoms with E-state index in [9.17, 15) is 4.79 Å². The van der Waals surface area contributed by atoms with E-state index in [0.29, 0.717) is 18.4 Å². The zero-order valence-corrected chi connectivity index (χ0v) is 8.78. The number of Topliss-reactive ketones (excluding diaryl/α,β-unsaturated/α-hetero) is 1. The SMILES string of the molecule is O=C1CCN(C2Cc3ccccc3C2)C1. The van der Waals surface area contributed by atoms with Crippen molar-refractivity contribution in [1.82, 2.24) is 4.90 Å². The fourth-order valence-electron chi connectivity index (χ4n) is 2.76. The molecular formula is C13H15NO. The maximum atomic E-state index is 11.2. The van der Waals surface area contributed by atoms with Crippen LogP contribution in [0.1, 0.15) is 17.5 Å². The summed E-state index contributed by atoms with van der Waals surface area (Å²) in [6, 6.07) is 9.22. The molecule has 1 aromatic rings. The third kappa shape index (κ3) is 1.59. The van der Waals surface area contributed by atoms with Gasteiger partial charge in [-0.15, -0.1) is 0 Å². The fourth-order valence-corrected chi connectivity index (χ4v) is 2.76. The van der Waals surface area contributed by atoms with Crippen LogP contribution in [0.4, 0.5) is 0 Å². The van der Waals surface area contributed by atoms with Crippen molar-refractivity contribution in [3.05, 3.63) is 35.4 Å². The van der Waals surface area contributed by atoms with E-state index in [1.54, 1.807) is 0 Å². The average molecular weight is 201 g/mol. The summed E-state index contributed by atoms with van der Waals surface area (Å²) in [5.74, 6) is 0.408. The lowest BCUT2D eigenvalue weighted by Gasteiger charge is -2.21. The molecule has 1 fully saturated rings. The Balaban J connectivity index is 1.76. The van der Waals surface area contributed by atoms with Gasteiger partial charge in [-0.25, -0.2) is 0 Å². The van der Waals surface area contributed by atoms with Crippen molar-refractivity contribution in [3.8, 4) is 0 Å². The molecule has 0 bridgehead atoms. The van der Waals surface area contributed by atoms with E-state index >= 15 is 0 Å². The lowest BCUT2D eigenvalue weighted by molar-refractivity contribution is -0.117. The van der Waals surface area contributed by atoms with Crippen molar-refractivity contribution in [3.63, 3.8) is 0 Å². The van der Waals surface area contributed by atoms with Gasteiger partial charge in [0.1, 0.15) is 5.78 Å². The largest absolute Gasteiger partial charge is 0.298 e. The predicted molar refractivity (Wildman–Crippen MR) is 58.8 cm³/mol. The van der Waals surface area contributed by atoms with Crippen LogP contribution in [-0.2, 0) is 17.6 Å². The van der Waals surface area contributed by atoms with E-state index in [0.717, 1.165) is 25.8 Å². The van der Waals surface area contributed by atoms with E-state index in [1.807, 2.05) is 0 Å². The van der Waals surface area contributed by atoms with Crippen LogP contribution in [0.5, 0.6) is 0 Å². The first-order chi connectivity index (χ1) is 7.33. The molecule has 0 spiro atoms. The van der Waals surface area contributed by atoms with E-state index in [2.05, 4.69) is 29.2 Å². The van der Waals surface area contributed by atoms with Crippen molar-refractivity contribution in [2.24, 2.45) is 0 Å². The number of ketones is 1. The molecule has 0 atom stereocenters. The molecule has 78 valence electrons. The monoisotopic (exact) mass is 201 g/mol. The van der Waals surface area contributed by atoms with Gasteiger partial charge >= 0.3 is 0 Å².